The lowest BCUT2D eigenvalue weighted by molar-refractivity contribution is 0.102. The van der Waals surface area contributed by atoms with Gasteiger partial charge < -0.3 is 20.4 Å². The van der Waals surface area contributed by atoms with E-state index in [0.29, 0.717) is 24.1 Å². The molecule has 2 aliphatic heterocycles. The zero-order valence-electron chi connectivity index (χ0n) is 16.4. The number of carbonyl (C=O) groups excluding carboxylic acids is 1. The highest BCUT2D eigenvalue weighted by molar-refractivity contribution is 6.03. The highest BCUT2D eigenvalue weighted by Crippen LogP contribution is 2.22. The van der Waals surface area contributed by atoms with Crippen molar-refractivity contribution in [3.8, 4) is 0 Å². The average molecular weight is 406 g/mol. The predicted octanol–water partition coefficient (Wildman–Crippen LogP) is 1.65. The summed E-state index contributed by atoms with van der Waals surface area (Å²) in [7, 11) is 4.29. The van der Waals surface area contributed by atoms with Crippen LogP contribution in [0.2, 0.25) is 0 Å². The summed E-state index contributed by atoms with van der Waals surface area (Å²) in [4.78, 5) is 21.6. The van der Waals surface area contributed by atoms with Crippen LogP contribution in [0.25, 0.3) is 0 Å². The van der Waals surface area contributed by atoms with Gasteiger partial charge in [0, 0.05) is 49.9 Å². The van der Waals surface area contributed by atoms with Crippen LogP contribution in [0.3, 0.4) is 0 Å². The Morgan fingerprint density at radius 2 is 2.07 bits per heavy atom. The maximum Gasteiger partial charge on any atom is 0.277 e. The van der Waals surface area contributed by atoms with Crippen LogP contribution in [-0.2, 0) is 13.0 Å². The molecule has 2 aliphatic rings. The van der Waals surface area contributed by atoms with Gasteiger partial charge in [0.15, 0.2) is 5.69 Å². The Balaban J connectivity index is 0.00000225. The molecule has 0 aliphatic carbocycles. The summed E-state index contributed by atoms with van der Waals surface area (Å²) in [6, 6.07) is 4.55. The number of halogens is 1. The number of hydrogen-bond acceptors (Lipinski definition) is 6. The van der Waals surface area contributed by atoms with Crippen molar-refractivity contribution in [1.29, 1.82) is 0 Å². The second kappa shape index (κ2) is 8.89. The fourth-order valence-electron chi connectivity index (χ4n) is 3.88. The molecular formula is C19H28ClN7O. The van der Waals surface area contributed by atoms with Gasteiger partial charge in [-0.1, -0.05) is 0 Å². The molecule has 0 atom stereocenters. The predicted molar refractivity (Wildman–Crippen MR) is 112 cm³/mol. The van der Waals surface area contributed by atoms with E-state index in [2.05, 4.69) is 49.7 Å². The van der Waals surface area contributed by atoms with E-state index < -0.39 is 0 Å². The molecule has 1 saturated heterocycles. The first-order chi connectivity index (χ1) is 13.1. The minimum atomic E-state index is -0.219. The first-order valence-corrected chi connectivity index (χ1v) is 9.57. The van der Waals surface area contributed by atoms with Crippen LogP contribution in [0.4, 0.5) is 11.5 Å². The summed E-state index contributed by atoms with van der Waals surface area (Å²) < 4.78 is 0. The fourth-order valence-corrected chi connectivity index (χ4v) is 3.88. The first kappa shape index (κ1) is 20.6. The standard InChI is InChI=1S/C19H27N7O.ClH/c1-25(2)13-6-9-26(10-7-13)14-3-4-17(21-11-14)22-19(27)18-15-12-20-8-5-16(15)23-24-18;/h3-4,11,13,20H,5-10,12H2,1-2H3,(H,23,24)(H,21,22,27);1H. The molecule has 0 spiro atoms. The van der Waals surface area contributed by atoms with Crippen molar-refractivity contribution in [3.05, 3.63) is 35.3 Å². The highest BCUT2D eigenvalue weighted by atomic mass is 35.5. The van der Waals surface area contributed by atoms with Crippen molar-refractivity contribution < 1.29 is 4.79 Å². The van der Waals surface area contributed by atoms with Gasteiger partial charge >= 0.3 is 0 Å². The monoisotopic (exact) mass is 405 g/mol. The summed E-state index contributed by atoms with van der Waals surface area (Å²) in [6.07, 6.45) is 5.02. The van der Waals surface area contributed by atoms with Crippen molar-refractivity contribution >= 4 is 29.8 Å². The summed E-state index contributed by atoms with van der Waals surface area (Å²) in [5.41, 5.74) is 3.56. The molecule has 4 heterocycles. The van der Waals surface area contributed by atoms with Gasteiger partial charge in [-0.2, -0.15) is 5.10 Å². The van der Waals surface area contributed by atoms with Gasteiger partial charge in [-0.15, -0.1) is 12.4 Å². The highest BCUT2D eigenvalue weighted by Gasteiger charge is 2.23. The molecule has 8 nitrogen and oxygen atoms in total. The molecule has 0 aromatic carbocycles. The third kappa shape index (κ3) is 4.29. The largest absolute Gasteiger partial charge is 0.370 e. The zero-order valence-corrected chi connectivity index (χ0v) is 17.2. The van der Waals surface area contributed by atoms with E-state index in [1.54, 1.807) is 0 Å². The van der Waals surface area contributed by atoms with Gasteiger partial charge in [0.2, 0.25) is 0 Å². The Morgan fingerprint density at radius 3 is 2.75 bits per heavy atom. The van der Waals surface area contributed by atoms with Crippen LogP contribution in [0, 0.1) is 0 Å². The fraction of sp³-hybridized carbons (Fsp3) is 0.526. The number of nitrogens with one attached hydrogen (secondary N) is 3. The number of hydrogen-bond donors (Lipinski definition) is 3. The zero-order chi connectivity index (χ0) is 18.8. The van der Waals surface area contributed by atoms with E-state index in [-0.39, 0.29) is 18.3 Å². The van der Waals surface area contributed by atoms with E-state index in [1.165, 1.54) is 0 Å². The molecule has 0 unspecified atom stereocenters. The van der Waals surface area contributed by atoms with Crippen LogP contribution in [-0.4, -0.2) is 65.8 Å². The minimum Gasteiger partial charge on any atom is -0.370 e. The quantitative estimate of drug-likeness (QED) is 0.716. The topological polar surface area (TPSA) is 89.2 Å². The van der Waals surface area contributed by atoms with Gasteiger partial charge in [-0.25, -0.2) is 4.98 Å². The molecule has 152 valence electrons. The summed E-state index contributed by atoms with van der Waals surface area (Å²) >= 11 is 0. The second-order valence-corrected chi connectivity index (χ2v) is 7.49. The number of H-pyrrole nitrogens is 1. The molecule has 28 heavy (non-hydrogen) atoms. The van der Waals surface area contributed by atoms with Gasteiger partial charge in [-0.3, -0.25) is 9.89 Å². The van der Waals surface area contributed by atoms with Crippen molar-refractivity contribution in [2.45, 2.75) is 31.8 Å². The van der Waals surface area contributed by atoms with E-state index in [4.69, 9.17) is 0 Å². The molecule has 1 amide bonds. The van der Waals surface area contributed by atoms with Crippen LogP contribution in [0.15, 0.2) is 18.3 Å². The molecule has 0 bridgehead atoms. The molecule has 2 aromatic heterocycles. The van der Waals surface area contributed by atoms with Gasteiger partial charge in [0.05, 0.1) is 11.9 Å². The van der Waals surface area contributed by atoms with Crippen LogP contribution in [0.1, 0.15) is 34.6 Å². The average Bonchev–Trinajstić information content (AvgIpc) is 3.13. The lowest BCUT2D eigenvalue weighted by atomic mass is 10.0. The number of aromatic amines is 1. The Morgan fingerprint density at radius 1 is 1.29 bits per heavy atom. The number of rotatable bonds is 4. The van der Waals surface area contributed by atoms with E-state index >= 15 is 0 Å². The Kier molecular flexibility index (Phi) is 6.53. The lowest BCUT2D eigenvalue weighted by Gasteiger charge is -2.36. The summed E-state index contributed by atoms with van der Waals surface area (Å²) in [5, 5.41) is 13.3. The van der Waals surface area contributed by atoms with Crippen molar-refractivity contribution in [1.82, 2.24) is 25.4 Å². The summed E-state index contributed by atoms with van der Waals surface area (Å²) in [6.45, 7) is 3.64. The number of nitrogens with zero attached hydrogens (tertiary/aromatic N) is 4. The van der Waals surface area contributed by atoms with Crippen molar-refractivity contribution in [2.24, 2.45) is 0 Å². The maximum absolute atomic E-state index is 12.6. The third-order valence-electron chi connectivity index (χ3n) is 5.57. The molecule has 0 saturated carbocycles. The molecular weight excluding hydrogens is 378 g/mol. The Bertz CT molecular complexity index is 797. The number of anilines is 2. The number of carbonyl (C=O) groups is 1. The van der Waals surface area contributed by atoms with Crippen LogP contribution < -0.4 is 15.5 Å². The number of amides is 1. The number of aromatic nitrogens is 3. The van der Waals surface area contributed by atoms with Crippen LogP contribution in [0.5, 0.6) is 0 Å². The molecule has 2 aromatic rings. The number of piperidine rings is 1. The van der Waals surface area contributed by atoms with Crippen LogP contribution >= 0.6 is 12.4 Å². The summed E-state index contributed by atoms with van der Waals surface area (Å²) in [5.74, 6) is 0.329. The van der Waals surface area contributed by atoms with Gasteiger partial charge in [0.1, 0.15) is 5.82 Å². The number of pyridine rings is 1. The SMILES string of the molecule is CN(C)C1CCN(c2ccc(NC(=O)c3n[nH]c4c3CNCC4)nc2)CC1.Cl. The first-order valence-electron chi connectivity index (χ1n) is 9.57. The lowest BCUT2D eigenvalue weighted by Crippen LogP contribution is -2.42. The van der Waals surface area contributed by atoms with E-state index in [0.717, 1.165) is 55.8 Å². The molecule has 4 rings (SSSR count). The van der Waals surface area contributed by atoms with Gasteiger partial charge in [-0.05, 0) is 39.1 Å². The Labute approximate surface area is 171 Å². The minimum absolute atomic E-state index is 0. The smallest absolute Gasteiger partial charge is 0.277 e. The molecule has 9 heteroatoms. The van der Waals surface area contributed by atoms with Crippen molar-refractivity contribution in [3.63, 3.8) is 0 Å². The van der Waals surface area contributed by atoms with Gasteiger partial charge in [0.25, 0.3) is 5.91 Å². The molecule has 1 fully saturated rings. The molecule has 3 N–H and O–H groups in total. The molecule has 0 radical (unpaired) electrons. The third-order valence-corrected chi connectivity index (χ3v) is 5.57. The maximum atomic E-state index is 12.6. The Hall–Kier alpha value is -2.16. The number of fused-ring (bicyclic) bond motifs is 1. The van der Waals surface area contributed by atoms with E-state index in [9.17, 15) is 4.79 Å². The normalized spacial score (nSPS) is 17.2. The second-order valence-electron chi connectivity index (χ2n) is 7.49. The van der Waals surface area contributed by atoms with Crippen molar-refractivity contribution in [2.75, 3.05) is 43.9 Å². The van der Waals surface area contributed by atoms with E-state index in [1.807, 2.05) is 18.3 Å².